The van der Waals surface area contributed by atoms with Crippen LogP contribution in [0, 0.1) is 17.3 Å². The molecule has 18 heavy (non-hydrogen) atoms. The number of carbonyl (C=O) groups is 1. The topological polar surface area (TPSA) is 57.5 Å². The molecule has 1 unspecified atom stereocenters. The van der Waals surface area contributed by atoms with Gasteiger partial charge in [0.15, 0.2) is 5.78 Å². The van der Waals surface area contributed by atoms with E-state index in [0.717, 1.165) is 19.3 Å². The van der Waals surface area contributed by atoms with Gasteiger partial charge in [-0.1, -0.05) is 12.5 Å². The Morgan fingerprint density at radius 2 is 2.22 bits per heavy atom. The number of carbonyl (C=O) groups excluding carboxylic acids is 1. The molecule has 0 amide bonds. The summed E-state index contributed by atoms with van der Waals surface area (Å²) in [5.74, 6) is 0.694. The minimum absolute atomic E-state index is 0.0672. The summed E-state index contributed by atoms with van der Waals surface area (Å²) in [4.78, 5) is 11.6. The predicted octanol–water partition coefficient (Wildman–Crippen LogP) is 2.07. The van der Waals surface area contributed by atoms with Gasteiger partial charge in [0.05, 0.1) is 12.2 Å². The Hall–Kier alpha value is -0.670. The molecule has 1 saturated carbocycles. The highest BCUT2D eigenvalue weighted by Gasteiger charge is 2.50. The van der Waals surface area contributed by atoms with Crippen LogP contribution < -0.4 is 0 Å². The van der Waals surface area contributed by atoms with Crippen molar-refractivity contribution in [3.8, 4) is 0 Å². The zero-order chi connectivity index (χ0) is 13.6. The van der Waals surface area contributed by atoms with Gasteiger partial charge >= 0.3 is 0 Å². The van der Waals surface area contributed by atoms with Crippen LogP contribution in [0.1, 0.15) is 46.5 Å². The number of aliphatic hydroxyl groups excluding tert-OH is 1. The van der Waals surface area contributed by atoms with E-state index in [1.165, 1.54) is 5.57 Å². The molecule has 3 heteroatoms. The van der Waals surface area contributed by atoms with Gasteiger partial charge in [0.25, 0.3) is 0 Å². The van der Waals surface area contributed by atoms with Crippen LogP contribution in [-0.4, -0.2) is 28.2 Å². The van der Waals surface area contributed by atoms with E-state index in [1.54, 1.807) is 13.0 Å². The van der Waals surface area contributed by atoms with E-state index in [9.17, 15) is 15.0 Å². The molecule has 0 aromatic carbocycles. The third-order valence-electron chi connectivity index (χ3n) is 5.36. The molecule has 2 aliphatic carbocycles. The van der Waals surface area contributed by atoms with Gasteiger partial charge in [0, 0.05) is 6.42 Å². The Morgan fingerprint density at radius 3 is 2.78 bits per heavy atom. The Kier molecular flexibility index (Phi) is 3.41. The van der Waals surface area contributed by atoms with Crippen LogP contribution >= 0.6 is 0 Å². The summed E-state index contributed by atoms with van der Waals surface area (Å²) in [6.45, 7) is 5.71. The SMILES string of the molecule is CC1=CC(=O)C[C@@H](C)[C@@]12CC[C@@H](C(C)(O)CO)C2. The first-order valence-corrected chi connectivity index (χ1v) is 6.86. The lowest BCUT2D eigenvalue weighted by molar-refractivity contribution is -0.117. The molecule has 0 aromatic heterocycles. The van der Waals surface area contributed by atoms with Crippen molar-refractivity contribution >= 4 is 5.78 Å². The Labute approximate surface area is 109 Å². The Morgan fingerprint density at radius 1 is 1.56 bits per heavy atom. The maximum Gasteiger partial charge on any atom is 0.155 e. The number of allylic oxidation sites excluding steroid dienone is 2. The first kappa shape index (κ1) is 13.8. The molecule has 2 N–H and O–H groups in total. The van der Waals surface area contributed by atoms with Gasteiger partial charge < -0.3 is 10.2 Å². The largest absolute Gasteiger partial charge is 0.393 e. The fourth-order valence-electron chi connectivity index (χ4n) is 3.87. The van der Waals surface area contributed by atoms with Crippen molar-refractivity contribution in [3.63, 3.8) is 0 Å². The fourth-order valence-corrected chi connectivity index (χ4v) is 3.87. The van der Waals surface area contributed by atoms with Gasteiger partial charge in [0.1, 0.15) is 0 Å². The molecule has 0 aliphatic heterocycles. The molecule has 0 heterocycles. The van der Waals surface area contributed by atoms with Crippen molar-refractivity contribution in [2.45, 2.75) is 52.1 Å². The summed E-state index contributed by atoms with van der Waals surface area (Å²) < 4.78 is 0. The monoisotopic (exact) mass is 252 g/mol. The summed E-state index contributed by atoms with van der Waals surface area (Å²) in [6, 6.07) is 0. The van der Waals surface area contributed by atoms with E-state index in [0.29, 0.717) is 12.3 Å². The quantitative estimate of drug-likeness (QED) is 0.791. The first-order chi connectivity index (χ1) is 8.32. The molecule has 4 atom stereocenters. The maximum absolute atomic E-state index is 11.6. The third-order valence-corrected chi connectivity index (χ3v) is 5.36. The van der Waals surface area contributed by atoms with Crippen molar-refractivity contribution in [1.29, 1.82) is 0 Å². The average molecular weight is 252 g/mol. The number of aliphatic hydroxyl groups is 2. The molecule has 1 spiro atoms. The maximum atomic E-state index is 11.6. The van der Waals surface area contributed by atoms with Crippen LogP contribution in [0.2, 0.25) is 0 Å². The molecule has 3 nitrogen and oxygen atoms in total. The normalized spacial score (nSPS) is 39.8. The van der Waals surface area contributed by atoms with Crippen molar-refractivity contribution < 1.29 is 15.0 Å². The highest BCUT2D eigenvalue weighted by Crippen LogP contribution is 2.56. The van der Waals surface area contributed by atoms with E-state index in [4.69, 9.17) is 0 Å². The molecule has 102 valence electrons. The average Bonchev–Trinajstić information content (AvgIpc) is 2.73. The van der Waals surface area contributed by atoms with E-state index in [2.05, 4.69) is 6.92 Å². The molecule has 1 fully saturated rings. The first-order valence-electron chi connectivity index (χ1n) is 6.86. The zero-order valence-corrected chi connectivity index (χ0v) is 11.6. The van der Waals surface area contributed by atoms with Gasteiger partial charge in [-0.2, -0.15) is 0 Å². The van der Waals surface area contributed by atoms with Crippen LogP contribution in [-0.2, 0) is 4.79 Å². The fraction of sp³-hybridized carbons (Fsp3) is 0.800. The van der Waals surface area contributed by atoms with Gasteiger partial charge in [-0.25, -0.2) is 0 Å². The van der Waals surface area contributed by atoms with Crippen LogP contribution in [0.15, 0.2) is 11.6 Å². The summed E-state index contributed by atoms with van der Waals surface area (Å²) in [7, 11) is 0. The van der Waals surface area contributed by atoms with Crippen molar-refractivity contribution in [1.82, 2.24) is 0 Å². The van der Waals surface area contributed by atoms with Crippen molar-refractivity contribution in [2.24, 2.45) is 17.3 Å². The standard InChI is InChI=1S/C15H24O3/c1-10-6-13(17)7-11(2)15(10)5-4-12(8-15)14(3,18)9-16/h6,11-12,16,18H,4-5,7-9H2,1-3H3/t11-,12-,14?,15-/m1/s1. The lowest BCUT2D eigenvalue weighted by Gasteiger charge is -2.40. The number of rotatable bonds is 2. The molecule has 0 aromatic rings. The van der Waals surface area contributed by atoms with Gasteiger partial charge in [-0.05, 0) is 56.4 Å². The molecule has 2 aliphatic rings. The smallest absolute Gasteiger partial charge is 0.155 e. The van der Waals surface area contributed by atoms with Crippen LogP contribution in [0.5, 0.6) is 0 Å². The number of ketones is 1. The second-order valence-electron chi connectivity index (χ2n) is 6.51. The van der Waals surface area contributed by atoms with E-state index < -0.39 is 5.60 Å². The molecule has 0 radical (unpaired) electrons. The lowest BCUT2D eigenvalue weighted by atomic mass is 9.64. The van der Waals surface area contributed by atoms with E-state index in [1.807, 2.05) is 6.92 Å². The molecule has 2 rings (SSSR count). The third kappa shape index (κ3) is 2.04. The summed E-state index contributed by atoms with van der Waals surface area (Å²) in [5.41, 5.74) is 0.241. The van der Waals surface area contributed by atoms with Crippen molar-refractivity contribution in [3.05, 3.63) is 11.6 Å². The van der Waals surface area contributed by atoms with Gasteiger partial charge in [0.2, 0.25) is 0 Å². The van der Waals surface area contributed by atoms with Gasteiger partial charge in [-0.15, -0.1) is 0 Å². The lowest BCUT2D eigenvalue weighted by Crippen LogP contribution is -2.39. The molecular formula is C15H24O3. The van der Waals surface area contributed by atoms with Crippen molar-refractivity contribution in [2.75, 3.05) is 6.61 Å². The van der Waals surface area contributed by atoms with Crippen LogP contribution in [0.25, 0.3) is 0 Å². The number of hydrogen-bond donors (Lipinski definition) is 2. The Balaban J connectivity index is 2.25. The minimum atomic E-state index is -0.995. The van der Waals surface area contributed by atoms with Crippen LogP contribution in [0.4, 0.5) is 0 Å². The van der Waals surface area contributed by atoms with Gasteiger partial charge in [-0.3, -0.25) is 4.79 Å². The summed E-state index contributed by atoms with van der Waals surface area (Å²) in [6.07, 6.45) is 5.24. The minimum Gasteiger partial charge on any atom is -0.393 e. The second kappa shape index (κ2) is 4.46. The molecule has 0 saturated heterocycles. The van der Waals surface area contributed by atoms with E-state index in [-0.39, 0.29) is 23.7 Å². The Bertz CT molecular complexity index is 383. The highest BCUT2D eigenvalue weighted by atomic mass is 16.3. The molecule has 0 bridgehead atoms. The highest BCUT2D eigenvalue weighted by molar-refractivity contribution is 5.91. The molecular weight excluding hydrogens is 228 g/mol. The number of hydrogen-bond acceptors (Lipinski definition) is 3. The zero-order valence-electron chi connectivity index (χ0n) is 11.6. The van der Waals surface area contributed by atoms with Crippen LogP contribution in [0.3, 0.4) is 0 Å². The summed E-state index contributed by atoms with van der Waals surface area (Å²) in [5, 5.41) is 19.5. The second-order valence-corrected chi connectivity index (χ2v) is 6.51. The summed E-state index contributed by atoms with van der Waals surface area (Å²) >= 11 is 0. The van der Waals surface area contributed by atoms with E-state index >= 15 is 0 Å². The predicted molar refractivity (Wildman–Crippen MR) is 70.0 cm³/mol.